The molecule has 0 aromatic rings. The number of rotatable bonds is 0. The first-order valence-electron chi connectivity index (χ1n) is 5.04. The van der Waals surface area contributed by atoms with E-state index in [1.807, 2.05) is 0 Å². The van der Waals surface area contributed by atoms with Gasteiger partial charge in [-0.05, 0) is 37.6 Å². The number of nitriles is 1. The molecule has 2 bridgehead atoms. The quantitative estimate of drug-likeness (QED) is 0.536. The van der Waals surface area contributed by atoms with E-state index in [1.165, 1.54) is 32.4 Å². The first-order valence-corrected chi connectivity index (χ1v) is 5.04. The Labute approximate surface area is 73.2 Å². The van der Waals surface area contributed by atoms with Gasteiger partial charge in [-0.25, -0.2) is 0 Å². The van der Waals surface area contributed by atoms with Crippen LogP contribution in [0.3, 0.4) is 0 Å². The Kier molecular flexibility index (Phi) is 1.29. The van der Waals surface area contributed by atoms with Crippen molar-refractivity contribution in [1.82, 2.24) is 4.90 Å². The third kappa shape index (κ3) is 0.682. The molecule has 0 radical (unpaired) electrons. The monoisotopic (exact) mass is 162 g/mol. The third-order valence-corrected chi connectivity index (χ3v) is 4.11. The van der Waals surface area contributed by atoms with Gasteiger partial charge >= 0.3 is 0 Å². The van der Waals surface area contributed by atoms with E-state index >= 15 is 0 Å². The van der Waals surface area contributed by atoms with Crippen molar-refractivity contribution in [2.24, 2.45) is 17.8 Å². The Bertz CT molecular complexity index is 243. The van der Waals surface area contributed by atoms with E-state index in [2.05, 4.69) is 11.0 Å². The van der Waals surface area contributed by atoms with Crippen molar-refractivity contribution >= 4 is 0 Å². The molecular weight excluding hydrogens is 148 g/mol. The summed E-state index contributed by atoms with van der Waals surface area (Å²) in [7, 11) is 0. The Morgan fingerprint density at radius 1 is 1.25 bits per heavy atom. The molecule has 2 nitrogen and oxygen atoms in total. The summed E-state index contributed by atoms with van der Waals surface area (Å²) in [5, 5.41) is 8.96. The number of fused-ring (bicyclic) bond motifs is 5. The molecule has 0 amide bonds. The maximum Gasteiger partial charge on any atom is 0.0672 e. The second-order valence-electron chi connectivity index (χ2n) is 4.51. The smallest absolute Gasteiger partial charge is 0.0672 e. The average Bonchev–Trinajstić information content (AvgIpc) is 2.76. The summed E-state index contributed by atoms with van der Waals surface area (Å²) in [6.45, 7) is 2.57. The molecule has 2 heteroatoms. The fourth-order valence-electron chi connectivity index (χ4n) is 3.63. The second-order valence-corrected chi connectivity index (χ2v) is 4.51. The molecule has 0 N–H and O–H groups in total. The third-order valence-electron chi connectivity index (χ3n) is 4.11. The van der Waals surface area contributed by atoms with Crippen LogP contribution in [0.5, 0.6) is 0 Å². The molecule has 3 aliphatic rings. The second kappa shape index (κ2) is 2.23. The zero-order valence-corrected chi connectivity index (χ0v) is 7.24. The minimum Gasteiger partial charge on any atom is -0.298 e. The summed E-state index contributed by atoms with van der Waals surface area (Å²) in [6.07, 6.45) is 3.89. The van der Waals surface area contributed by atoms with Crippen LogP contribution in [0.2, 0.25) is 0 Å². The fourth-order valence-corrected chi connectivity index (χ4v) is 3.63. The average molecular weight is 162 g/mol. The van der Waals surface area contributed by atoms with Crippen LogP contribution in [0.4, 0.5) is 0 Å². The molecule has 3 fully saturated rings. The lowest BCUT2D eigenvalue weighted by Gasteiger charge is -2.28. The van der Waals surface area contributed by atoms with Gasteiger partial charge < -0.3 is 0 Å². The molecule has 1 saturated carbocycles. The number of hydrogen-bond donors (Lipinski definition) is 0. The summed E-state index contributed by atoms with van der Waals surface area (Å²) >= 11 is 0. The number of nitrogens with zero attached hydrogens (tertiary/aromatic N) is 2. The highest BCUT2D eigenvalue weighted by Gasteiger charge is 2.52. The lowest BCUT2D eigenvalue weighted by atomic mass is 9.87. The fraction of sp³-hybridized carbons (Fsp3) is 0.900. The Morgan fingerprint density at radius 3 is 3.00 bits per heavy atom. The van der Waals surface area contributed by atoms with Crippen molar-refractivity contribution in [2.75, 3.05) is 13.1 Å². The van der Waals surface area contributed by atoms with Crippen LogP contribution in [0.1, 0.15) is 19.3 Å². The van der Waals surface area contributed by atoms with Crippen molar-refractivity contribution in [3.8, 4) is 6.07 Å². The Balaban J connectivity index is 1.90. The highest BCUT2D eigenvalue weighted by Crippen LogP contribution is 2.49. The molecule has 2 saturated heterocycles. The minimum atomic E-state index is 0.361. The van der Waals surface area contributed by atoms with Gasteiger partial charge in [0.2, 0.25) is 0 Å². The standard InChI is InChI=1S/C10H14N2/c11-5-7-1-2-9-8-3-4-12(6-8)10(7)9/h7-10H,1-4,6H2. The van der Waals surface area contributed by atoms with Gasteiger partial charge in [-0.2, -0.15) is 5.26 Å². The largest absolute Gasteiger partial charge is 0.298 e. The first-order chi connectivity index (χ1) is 5.90. The highest BCUT2D eigenvalue weighted by atomic mass is 15.2. The van der Waals surface area contributed by atoms with Gasteiger partial charge in [-0.15, -0.1) is 0 Å². The van der Waals surface area contributed by atoms with E-state index in [4.69, 9.17) is 5.26 Å². The molecule has 0 aromatic heterocycles. The molecule has 1 aliphatic carbocycles. The molecule has 12 heavy (non-hydrogen) atoms. The minimum absolute atomic E-state index is 0.361. The molecule has 5 unspecified atom stereocenters. The zero-order valence-electron chi connectivity index (χ0n) is 7.24. The predicted molar refractivity (Wildman–Crippen MR) is 45.3 cm³/mol. The van der Waals surface area contributed by atoms with Crippen LogP contribution in [0.15, 0.2) is 0 Å². The first kappa shape index (κ1) is 6.91. The van der Waals surface area contributed by atoms with Gasteiger partial charge in [0.05, 0.1) is 12.0 Å². The van der Waals surface area contributed by atoms with Crippen molar-refractivity contribution < 1.29 is 0 Å². The maximum atomic E-state index is 8.96. The van der Waals surface area contributed by atoms with Crippen LogP contribution in [0, 0.1) is 29.1 Å². The van der Waals surface area contributed by atoms with Crippen LogP contribution in [0.25, 0.3) is 0 Å². The molecule has 3 rings (SSSR count). The molecule has 2 aliphatic heterocycles. The van der Waals surface area contributed by atoms with Crippen molar-refractivity contribution in [3.63, 3.8) is 0 Å². The van der Waals surface area contributed by atoms with Gasteiger partial charge in [0.25, 0.3) is 0 Å². The van der Waals surface area contributed by atoms with E-state index < -0.39 is 0 Å². The van der Waals surface area contributed by atoms with Crippen LogP contribution in [-0.4, -0.2) is 24.0 Å². The molecule has 5 atom stereocenters. The van der Waals surface area contributed by atoms with Gasteiger partial charge in [-0.3, -0.25) is 4.90 Å². The molecule has 0 aromatic carbocycles. The van der Waals surface area contributed by atoms with Crippen molar-refractivity contribution in [2.45, 2.75) is 25.3 Å². The van der Waals surface area contributed by atoms with E-state index in [1.54, 1.807) is 0 Å². The van der Waals surface area contributed by atoms with E-state index in [0.29, 0.717) is 12.0 Å². The van der Waals surface area contributed by atoms with Gasteiger partial charge in [-0.1, -0.05) is 0 Å². The Hall–Kier alpha value is -0.550. The van der Waals surface area contributed by atoms with Gasteiger partial charge in [0.15, 0.2) is 0 Å². The summed E-state index contributed by atoms with van der Waals surface area (Å²) in [5.41, 5.74) is 0. The molecule has 64 valence electrons. The van der Waals surface area contributed by atoms with Gasteiger partial charge in [0.1, 0.15) is 0 Å². The maximum absolute atomic E-state index is 8.96. The van der Waals surface area contributed by atoms with Crippen LogP contribution >= 0.6 is 0 Å². The zero-order chi connectivity index (χ0) is 8.13. The highest BCUT2D eigenvalue weighted by molar-refractivity contribution is 5.10. The summed E-state index contributed by atoms with van der Waals surface area (Å²) in [5.74, 6) is 2.21. The molecule has 2 heterocycles. The number of piperidine rings is 1. The lowest BCUT2D eigenvalue weighted by Crippen LogP contribution is -2.36. The van der Waals surface area contributed by atoms with Gasteiger partial charge in [0, 0.05) is 12.6 Å². The topological polar surface area (TPSA) is 27.0 Å². The molecule has 0 spiro atoms. The summed E-state index contributed by atoms with van der Waals surface area (Å²) in [6, 6.07) is 3.14. The number of hydrogen-bond acceptors (Lipinski definition) is 2. The lowest BCUT2D eigenvalue weighted by molar-refractivity contribution is 0.203. The van der Waals surface area contributed by atoms with E-state index in [9.17, 15) is 0 Å². The SMILES string of the molecule is N#CC1CCC2C3CCN(C3)C12. The van der Waals surface area contributed by atoms with E-state index in [0.717, 1.165) is 11.8 Å². The predicted octanol–water partition coefficient (Wildman–Crippen LogP) is 1.24. The summed E-state index contributed by atoms with van der Waals surface area (Å²) < 4.78 is 0. The van der Waals surface area contributed by atoms with E-state index in [-0.39, 0.29) is 0 Å². The van der Waals surface area contributed by atoms with Crippen molar-refractivity contribution in [1.29, 1.82) is 5.26 Å². The normalized spacial score (nSPS) is 55.4. The van der Waals surface area contributed by atoms with Crippen LogP contribution < -0.4 is 0 Å². The van der Waals surface area contributed by atoms with Crippen molar-refractivity contribution in [3.05, 3.63) is 0 Å². The Morgan fingerprint density at radius 2 is 2.17 bits per heavy atom. The summed E-state index contributed by atoms with van der Waals surface area (Å²) in [4.78, 5) is 2.57. The molecular formula is C10H14N2. The van der Waals surface area contributed by atoms with Crippen LogP contribution in [-0.2, 0) is 0 Å².